The Hall–Kier alpha value is -2.39. The fourth-order valence-electron chi connectivity index (χ4n) is 2.27. The van der Waals surface area contributed by atoms with Gasteiger partial charge in [0.05, 0.1) is 6.33 Å². The van der Waals surface area contributed by atoms with Gasteiger partial charge in [0.1, 0.15) is 0 Å². The predicted molar refractivity (Wildman–Crippen MR) is 84.2 cm³/mol. The summed E-state index contributed by atoms with van der Waals surface area (Å²) >= 11 is 0. The van der Waals surface area contributed by atoms with Crippen LogP contribution in [0.3, 0.4) is 0 Å². The van der Waals surface area contributed by atoms with E-state index in [1.807, 2.05) is 53.2 Å². The van der Waals surface area contributed by atoms with Crippen LogP contribution in [-0.4, -0.2) is 15.3 Å². The molecule has 4 heteroatoms. The minimum atomic E-state index is 0. The molecule has 3 aromatic rings. The summed E-state index contributed by atoms with van der Waals surface area (Å²) in [7, 11) is 0. The number of hydrogen-bond acceptors (Lipinski definition) is 2. The highest BCUT2D eigenvalue weighted by Crippen LogP contribution is 2.19. The van der Waals surface area contributed by atoms with Crippen molar-refractivity contribution in [1.82, 2.24) is 9.55 Å². The van der Waals surface area contributed by atoms with Gasteiger partial charge in [0.2, 0.25) is 0 Å². The van der Waals surface area contributed by atoms with Gasteiger partial charge in [0, 0.05) is 30.9 Å². The number of aromatic nitrogens is 2. The third-order valence-electron chi connectivity index (χ3n) is 3.47. The Morgan fingerprint density at radius 1 is 1.00 bits per heavy atom. The fraction of sp³-hybridized carbons (Fsp3) is 0.111. The Morgan fingerprint density at radius 2 is 1.68 bits per heavy atom. The minimum Gasteiger partial charge on any atom is -1.00 e. The molecule has 0 N–H and O–H groups in total. The molecule has 22 heavy (non-hydrogen) atoms. The topological polar surface area (TPSA) is 34.9 Å². The standard InChI is InChI=1S/C18H16N2O.ClH/c21-18(10-12-20-13-11-19-14-20)17-8-6-16(7-9-17)15-4-2-1-3-5-15;/h1-9,11,13-14H,10,12H2;1H. The van der Waals surface area contributed by atoms with E-state index in [1.165, 1.54) is 0 Å². The molecule has 1 aromatic heterocycles. The van der Waals surface area contributed by atoms with Crippen molar-refractivity contribution in [3.05, 3.63) is 78.9 Å². The molecule has 3 rings (SSSR count). The zero-order valence-electron chi connectivity index (χ0n) is 13.0. The van der Waals surface area contributed by atoms with Crippen molar-refractivity contribution in [2.45, 2.75) is 13.0 Å². The van der Waals surface area contributed by atoms with Crippen molar-refractivity contribution in [1.29, 1.82) is 0 Å². The van der Waals surface area contributed by atoms with Crippen LogP contribution in [-0.2, 0) is 6.54 Å². The lowest BCUT2D eigenvalue weighted by atomic mass is 10.0. The quantitative estimate of drug-likeness (QED) is 0.657. The second-order valence-electron chi connectivity index (χ2n) is 4.92. The van der Waals surface area contributed by atoms with E-state index in [0.29, 0.717) is 13.0 Å². The maximum atomic E-state index is 12.2. The average molecular weight is 313 g/mol. The number of imidazole rings is 1. The van der Waals surface area contributed by atoms with Crippen LogP contribution < -0.4 is 12.4 Å². The van der Waals surface area contributed by atoms with Crippen LogP contribution in [0.1, 0.15) is 18.2 Å². The summed E-state index contributed by atoms with van der Waals surface area (Å²) in [4.78, 5) is 16.1. The van der Waals surface area contributed by atoms with Gasteiger partial charge >= 0.3 is 1.43 Å². The first-order valence-electron chi connectivity index (χ1n) is 6.97. The number of halogens is 1. The molecular formula is C18H17ClN2O. The van der Waals surface area contributed by atoms with E-state index in [-0.39, 0.29) is 19.6 Å². The van der Waals surface area contributed by atoms with Crippen LogP contribution in [0.5, 0.6) is 0 Å². The summed E-state index contributed by atoms with van der Waals surface area (Å²) in [5, 5.41) is 0. The van der Waals surface area contributed by atoms with Crippen LogP contribution >= 0.6 is 0 Å². The molecule has 0 unspecified atom stereocenters. The smallest absolute Gasteiger partial charge is 1.00 e. The number of aryl methyl sites for hydroxylation is 1. The summed E-state index contributed by atoms with van der Waals surface area (Å²) in [6, 6.07) is 18.0. The van der Waals surface area contributed by atoms with Crippen molar-refractivity contribution in [2.75, 3.05) is 0 Å². The van der Waals surface area contributed by atoms with Crippen molar-refractivity contribution in [2.24, 2.45) is 0 Å². The molecular weight excluding hydrogens is 296 g/mol. The van der Waals surface area contributed by atoms with Crippen LogP contribution in [0.25, 0.3) is 11.1 Å². The van der Waals surface area contributed by atoms with Crippen molar-refractivity contribution in [3.8, 4) is 11.1 Å². The Morgan fingerprint density at radius 3 is 2.32 bits per heavy atom. The molecule has 0 aliphatic carbocycles. The second kappa shape index (κ2) is 7.57. The highest BCUT2D eigenvalue weighted by atomic mass is 35.5. The molecule has 0 aliphatic rings. The van der Waals surface area contributed by atoms with Gasteiger partial charge in [-0.2, -0.15) is 0 Å². The zero-order valence-corrected chi connectivity index (χ0v) is 12.8. The highest BCUT2D eigenvalue weighted by Gasteiger charge is 2.06. The van der Waals surface area contributed by atoms with E-state index in [2.05, 4.69) is 17.1 Å². The molecule has 0 aliphatic heterocycles. The van der Waals surface area contributed by atoms with Gasteiger partial charge in [0.15, 0.2) is 5.78 Å². The lowest BCUT2D eigenvalue weighted by molar-refractivity contribution is -0.0000122. The molecule has 3 nitrogen and oxygen atoms in total. The monoisotopic (exact) mass is 312 g/mol. The predicted octanol–water partition coefficient (Wildman–Crippen LogP) is 0.940. The molecule has 112 valence electrons. The molecule has 0 radical (unpaired) electrons. The number of nitrogens with zero attached hydrogens (tertiary/aromatic N) is 2. The summed E-state index contributed by atoms with van der Waals surface area (Å²) in [5.41, 5.74) is 3.05. The van der Waals surface area contributed by atoms with Crippen molar-refractivity contribution >= 4 is 5.78 Å². The second-order valence-corrected chi connectivity index (χ2v) is 4.92. The van der Waals surface area contributed by atoms with Crippen molar-refractivity contribution in [3.63, 3.8) is 0 Å². The third kappa shape index (κ3) is 3.83. The van der Waals surface area contributed by atoms with Crippen LogP contribution in [0.2, 0.25) is 0 Å². The molecule has 2 aromatic carbocycles. The van der Waals surface area contributed by atoms with Crippen LogP contribution in [0.4, 0.5) is 0 Å². The van der Waals surface area contributed by atoms with E-state index in [1.54, 1.807) is 12.5 Å². The maximum Gasteiger partial charge on any atom is 1.00 e. The van der Waals surface area contributed by atoms with Crippen molar-refractivity contribution < 1.29 is 18.6 Å². The number of carbonyl (C=O) groups excluding carboxylic acids is 1. The first kappa shape index (κ1) is 16.0. The molecule has 0 bridgehead atoms. The maximum absolute atomic E-state index is 12.2. The van der Waals surface area contributed by atoms with Gasteiger partial charge in [-0.25, -0.2) is 4.98 Å². The number of rotatable bonds is 5. The Bertz CT molecular complexity index is 713. The molecule has 0 atom stereocenters. The summed E-state index contributed by atoms with van der Waals surface area (Å²) in [6.07, 6.45) is 5.80. The fourth-order valence-corrected chi connectivity index (χ4v) is 2.27. The van der Waals surface area contributed by atoms with E-state index in [0.717, 1.165) is 16.7 Å². The Kier molecular flexibility index (Phi) is 5.50. The van der Waals surface area contributed by atoms with Gasteiger partial charge in [-0.05, 0) is 11.1 Å². The van der Waals surface area contributed by atoms with Crippen LogP contribution in [0.15, 0.2) is 73.3 Å². The Balaban J connectivity index is 0.00000132. The average Bonchev–Trinajstić information content (AvgIpc) is 3.07. The molecule has 1 heterocycles. The number of ketones is 1. The largest absolute Gasteiger partial charge is 1.00 e. The first-order chi connectivity index (χ1) is 10.3. The summed E-state index contributed by atoms with van der Waals surface area (Å²) in [6.45, 7) is 0.666. The zero-order chi connectivity index (χ0) is 14.5. The van der Waals surface area contributed by atoms with Gasteiger partial charge in [-0.15, -0.1) is 0 Å². The number of benzene rings is 2. The Labute approximate surface area is 137 Å². The van der Waals surface area contributed by atoms with E-state index >= 15 is 0 Å². The molecule has 0 saturated heterocycles. The lowest BCUT2D eigenvalue weighted by Crippen LogP contribution is -3.00. The number of hydrogen-bond donors (Lipinski definition) is 0. The van der Waals surface area contributed by atoms with Gasteiger partial charge in [-0.3, -0.25) is 4.79 Å². The van der Waals surface area contributed by atoms with Gasteiger partial charge in [0.25, 0.3) is 0 Å². The van der Waals surface area contributed by atoms with E-state index in [9.17, 15) is 4.79 Å². The SMILES string of the molecule is O=C(CCn1ccnc1)c1ccc(-c2ccccc2)cc1.[Cl-].[H+]. The van der Waals surface area contributed by atoms with E-state index < -0.39 is 0 Å². The van der Waals surface area contributed by atoms with E-state index in [4.69, 9.17) is 0 Å². The minimum absolute atomic E-state index is 0. The summed E-state index contributed by atoms with van der Waals surface area (Å²) in [5.74, 6) is 0.156. The van der Waals surface area contributed by atoms with Gasteiger partial charge in [-0.1, -0.05) is 54.6 Å². The van der Waals surface area contributed by atoms with Gasteiger partial charge < -0.3 is 17.0 Å². The highest BCUT2D eigenvalue weighted by molar-refractivity contribution is 5.96. The normalized spacial score (nSPS) is 10.0. The lowest BCUT2D eigenvalue weighted by Gasteiger charge is -2.05. The number of carbonyl (C=O) groups is 1. The molecule has 0 amide bonds. The first-order valence-corrected chi connectivity index (χ1v) is 6.97. The molecule has 0 saturated carbocycles. The van der Waals surface area contributed by atoms with Crippen LogP contribution in [0, 0.1) is 0 Å². The number of Topliss-reactive ketones (excluding diaryl/α,β-unsaturated/α-hetero) is 1. The third-order valence-corrected chi connectivity index (χ3v) is 3.47. The molecule has 0 spiro atoms. The molecule has 0 fully saturated rings. The summed E-state index contributed by atoms with van der Waals surface area (Å²) < 4.78 is 1.91.